The molecule has 0 atom stereocenters. The molecule has 2 fully saturated rings. The molecule has 23 heavy (non-hydrogen) atoms. The zero-order valence-electron chi connectivity index (χ0n) is 12.5. The van der Waals surface area contributed by atoms with Gasteiger partial charge in [-0.2, -0.15) is 0 Å². The Morgan fingerprint density at radius 3 is 2.87 bits per heavy atom. The number of carbonyl (C=O) groups excluding carboxylic acids is 1. The summed E-state index contributed by atoms with van der Waals surface area (Å²) in [4.78, 5) is 16.6. The van der Waals surface area contributed by atoms with E-state index in [-0.39, 0.29) is 16.9 Å². The number of rotatable bonds is 5. The van der Waals surface area contributed by atoms with Crippen molar-refractivity contribution < 1.29 is 14.3 Å². The number of anilines is 1. The fraction of sp³-hybridized carbons (Fsp3) is 0.294. The highest BCUT2D eigenvalue weighted by atomic mass is 79.9. The number of ether oxygens (including phenoxy) is 2. The second kappa shape index (κ2) is 4.96. The van der Waals surface area contributed by atoms with Crippen LogP contribution >= 0.6 is 15.9 Å². The van der Waals surface area contributed by atoms with E-state index in [1.54, 1.807) is 25.4 Å². The minimum absolute atomic E-state index is 0.000694. The molecule has 5 nitrogen and oxygen atoms in total. The van der Waals surface area contributed by atoms with Crippen LogP contribution in [0.2, 0.25) is 0 Å². The Morgan fingerprint density at radius 1 is 1.30 bits per heavy atom. The Hall–Kier alpha value is -2.08. The number of hydrogen-bond acceptors (Lipinski definition) is 4. The number of methoxy groups -OCH3 is 1. The molecule has 1 N–H and O–H groups in total. The van der Waals surface area contributed by atoms with Crippen LogP contribution in [-0.4, -0.2) is 23.6 Å². The van der Waals surface area contributed by atoms with Crippen LogP contribution in [0, 0.1) is 5.41 Å². The van der Waals surface area contributed by atoms with Crippen LogP contribution in [0.15, 0.2) is 47.1 Å². The minimum Gasteiger partial charge on any atom is -0.486 e. The summed E-state index contributed by atoms with van der Waals surface area (Å²) in [5, 5.41) is 2.93. The predicted molar refractivity (Wildman–Crippen MR) is 88.6 cm³/mol. The van der Waals surface area contributed by atoms with E-state index in [0.29, 0.717) is 11.6 Å². The number of carbonyl (C=O) groups is 1. The van der Waals surface area contributed by atoms with Gasteiger partial charge >= 0.3 is 0 Å². The number of nitrogens with one attached hydrogen (secondary N) is 1. The molecule has 0 bridgehead atoms. The van der Waals surface area contributed by atoms with Gasteiger partial charge in [-0.3, -0.25) is 4.79 Å². The van der Waals surface area contributed by atoms with Crippen LogP contribution in [0.3, 0.4) is 0 Å². The first-order valence-corrected chi connectivity index (χ1v) is 8.12. The molecule has 1 aromatic heterocycles. The van der Waals surface area contributed by atoms with Crippen LogP contribution in [0.25, 0.3) is 0 Å². The van der Waals surface area contributed by atoms with E-state index in [9.17, 15) is 4.79 Å². The third-order valence-electron chi connectivity index (χ3n) is 4.54. The third-order valence-corrected chi connectivity index (χ3v) is 5.04. The molecule has 6 heteroatoms. The normalized spacial score (nSPS) is 26.9. The van der Waals surface area contributed by atoms with Crippen LogP contribution in [0.4, 0.5) is 5.69 Å². The minimum atomic E-state index is -0.383. The van der Waals surface area contributed by atoms with Gasteiger partial charge in [0.15, 0.2) is 0 Å². The highest BCUT2D eigenvalue weighted by Gasteiger charge is 2.90. The van der Waals surface area contributed by atoms with Gasteiger partial charge in [0.2, 0.25) is 11.8 Å². The molecular weight excluding hydrogens is 360 g/mol. The number of hydrogen-bond donors (Lipinski definition) is 1. The lowest BCUT2D eigenvalue weighted by molar-refractivity contribution is -0.119. The van der Waals surface area contributed by atoms with Crippen LogP contribution in [-0.2, 0) is 4.79 Å². The topological polar surface area (TPSA) is 60.5 Å². The fourth-order valence-electron chi connectivity index (χ4n) is 2.98. The second-order valence-corrected chi connectivity index (χ2v) is 6.95. The first kappa shape index (κ1) is 14.5. The van der Waals surface area contributed by atoms with Gasteiger partial charge in [0.1, 0.15) is 11.4 Å². The van der Waals surface area contributed by atoms with E-state index >= 15 is 0 Å². The van der Waals surface area contributed by atoms with Gasteiger partial charge in [0, 0.05) is 35.3 Å². The molecule has 0 saturated heterocycles. The van der Waals surface area contributed by atoms with Crippen molar-refractivity contribution in [3.05, 3.63) is 47.1 Å². The van der Waals surface area contributed by atoms with Gasteiger partial charge in [0.25, 0.3) is 0 Å². The van der Waals surface area contributed by atoms with Gasteiger partial charge in [0.05, 0.1) is 12.5 Å². The lowest BCUT2D eigenvalue weighted by Crippen LogP contribution is -2.18. The molecule has 4 rings (SSSR count). The van der Waals surface area contributed by atoms with Crippen LogP contribution in [0.1, 0.15) is 12.8 Å². The SMILES string of the molecule is COc1cc(NC(=O)C23CC2(Oc2cccc(Br)c2)C3)ccn1. The molecular formula is C17H15BrN2O3. The Kier molecular flexibility index (Phi) is 3.13. The Balaban J connectivity index is 1.43. The summed E-state index contributed by atoms with van der Waals surface area (Å²) in [6.07, 6.45) is 3.14. The number of halogens is 1. The van der Waals surface area contributed by atoms with E-state index in [1.807, 2.05) is 24.3 Å². The van der Waals surface area contributed by atoms with Gasteiger partial charge < -0.3 is 14.8 Å². The summed E-state index contributed by atoms with van der Waals surface area (Å²) in [5.74, 6) is 1.27. The van der Waals surface area contributed by atoms with Crippen LogP contribution in [0.5, 0.6) is 11.6 Å². The average molecular weight is 375 g/mol. The smallest absolute Gasteiger partial charge is 0.234 e. The molecule has 2 saturated carbocycles. The summed E-state index contributed by atoms with van der Waals surface area (Å²) >= 11 is 3.43. The highest BCUT2D eigenvalue weighted by molar-refractivity contribution is 9.10. The molecule has 118 valence electrons. The van der Waals surface area contributed by atoms with Crippen molar-refractivity contribution in [2.45, 2.75) is 18.4 Å². The van der Waals surface area contributed by atoms with Crippen LogP contribution < -0.4 is 14.8 Å². The lowest BCUT2D eigenvalue weighted by atomic mass is 10.2. The Bertz CT molecular complexity index is 787. The van der Waals surface area contributed by atoms with Crippen molar-refractivity contribution >= 4 is 27.5 Å². The first-order valence-electron chi connectivity index (χ1n) is 7.33. The average Bonchev–Trinajstić information content (AvgIpc) is 3.34. The summed E-state index contributed by atoms with van der Waals surface area (Å²) < 4.78 is 12.1. The highest BCUT2D eigenvalue weighted by Crippen LogP contribution is 2.80. The van der Waals surface area contributed by atoms with Crippen molar-refractivity contribution in [2.75, 3.05) is 12.4 Å². The number of fused-ring (bicyclic) bond motifs is 1. The van der Waals surface area contributed by atoms with E-state index < -0.39 is 0 Å². The first-order chi connectivity index (χ1) is 11.1. The molecule has 2 aliphatic carbocycles. The third kappa shape index (κ3) is 2.37. The molecule has 2 aromatic rings. The zero-order chi connectivity index (χ0) is 16.1. The summed E-state index contributed by atoms with van der Waals surface area (Å²) in [6.45, 7) is 0. The number of pyridine rings is 1. The van der Waals surface area contributed by atoms with E-state index in [1.165, 1.54) is 0 Å². The van der Waals surface area contributed by atoms with Crippen molar-refractivity contribution in [3.8, 4) is 11.6 Å². The maximum atomic E-state index is 12.5. The van der Waals surface area contributed by atoms with Crippen molar-refractivity contribution in [2.24, 2.45) is 5.41 Å². The molecule has 0 spiro atoms. The van der Waals surface area contributed by atoms with E-state index in [2.05, 4.69) is 26.2 Å². The van der Waals surface area contributed by atoms with Crippen molar-refractivity contribution in [1.29, 1.82) is 0 Å². The quantitative estimate of drug-likeness (QED) is 0.870. The number of aromatic nitrogens is 1. The Labute approximate surface area is 142 Å². The molecule has 0 radical (unpaired) electrons. The lowest BCUT2D eigenvalue weighted by Gasteiger charge is -2.07. The number of nitrogens with zero attached hydrogens (tertiary/aromatic N) is 1. The molecule has 1 heterocycles. The number of amides is 1. The molecule has 0 unspecified atom stereocenters. The maximum absolute atomic E-state index is 12.5. The summed E-state index contributed by atoms with van der Waals surface area (Å²) in [7, 11) is 1.55. The van der Waals surface area contributed by atoms with Gasteiger partial charge in [-0.25, -0.2) is 4.98 Å². The summed E-state index contributed by atoms with van der Waals surface area (Å²) in [5.41, 5.74) is -0.0211. The predicted octanol–water partition coefficient (Wildman–Crippen LogP) is 3.40. The maximum Gasteiger partial charge on any atom is 0.234 e. The molecule has 0 aliphatic heterocycles. The number of benzene rings is 1. The Morgan fingerprint density at radius 2 is 2.13 bits per heavy atom. The largest absolute Gasteiger partial charge is 0.486 e. The standard InChI is InChI=1S/C17H15BrN2O3/c1-22-14-8-12(5-6-19-14)20-15(21)16-9-17(16,10-16)23-13-4-2-3-11(18)7-13/h2-8H,9-10H2,1H3,(H,19,20,21). The fourth-order valence-corrected chi connectivity index (χ4v) is 3.36. The monoisotopic (exact) mass is 374 g/mol. The molecule has 1 aromatic carbocycles. The molecule has 2 aliphatic rings. The summed E-state index contributed by atoms with van der Waals surface area (Å²) in [6, 6.07) is 11.1. The van der Waals surface area contributed by atoms with E-state index in [4.69, 9.17) is 9.47 Å². The van der Waals surface area contributed by atoms with Gasteiger partial charge in [-0.05, 0) is 24.3 Å². The van der Waals surface area contributed by atoms with Gasteiger partial charge in [-0.15, -0.1) is 0 Å². The second-order valence-electron chi connectivity index (χ2n) is 6.03. The van der Waals surface area contributed by atoms with E-state index in [0.717, 1.165) is 23.1 Å². The molecule has 1 amide bonds. The zero-order valence-corrected chi connectivity index (χ0v) is 14.1. The van der Waals surface area contributed by atoms with Crippen molar-refractivity contribution in [3.63, 3.8) is 0 Å². The van der Waals surface area contributed by atoms with Crippen molar-refractivity contribution in [1.82, 2.24) is 4.98 Å². The van der Waals surface area contributed by atoms with Gasteiger partial charge in [-0.1, -0.05) is 22.0 Å².